The van der Waals surface area contributed by atoms with Crippen molar-refractivity contribution in [2.45, 2.75) is 55.1 Å². The average Bonchev–Trinajstić information content (AvgIpc) is 1.64. The number of hydrogen-bond donors (Lipinski definition) is 6. The van der Waals surface area contributed by atoms with Crippen molar-refractivity contribution in [3.63, 3.8) is 0 Å². The first-order chi connectivity index (χ1) is 48.6. The van der Waals surface area contributed by atoms with Crippen molar-refractivity contribution < 1.29 is 64.8 Å². The molecule has 0 unspecified atom stereocenters. The second kappa shape index (κ2) is 32.2. The fraction of sp³-hybridized carbons (Fsp3) is 0.212. The third kappa shape index (κ3) is 17.0. The molecular formula is C80H83ClN12O10. The number of aromatic amines is 4. The Morgan fingerprint density at radius 2 is 0.816 bits per heavy atom. The molecule has 4 aliphatic rings. The lowest BCUT2D eigenvalue weighted by atomic mass is 10.1. The number of rotatable bonds is 13. The Morgan fingerprint density at radius 1 is 0.466 bits per heavy atom. The Labute approximate surface area is 604 Å². The van der Waals surface area contributed by atoms with Crippen LogP contribution in [0, 0.1) is 48.5 Å². The van der Waals surface area contributed by atoms with Crippen molar-refractivity contribution in [1.82, 2.24) is 30.2 Å². The van der Waals surface area contributed by atoms with E-state index in [0.717, 1.165) is 94.2 Å². The number of benzene rings is 5. The summed E-state index contributed by atoms with van der Waals surface area (Å²) in [6.07, 6.45) is 8.32. The Balaban J connectivity index is 0.000000161. The molecular weight excluding hydrogens is 1320 g/mol. The summed E-state index contributed by atoms with van der Waals surface area (Å²) in [5, 5.41) is 2.43. The van der Waals surface area contributed by atoms with Gasteiger partial charge in [-0.15, -0.1) is 0 Å². The number of nitrogens with one attached hydrogen (secondary N) is 5. The van der Waals surface area contributed by atoms with Gasteiger partial charge in [0.05, 0.1) is 79.3 Å². The number of anilines is 4. The summed E-state index contributed by atoms with van der Waals surface area (Å²) < 4.78 is 5.60. The normalized spacial score (nSPS) is 14.9. The van der Waals surface area contributed by atoms with E-state index in [-0.39, 0.29) is 74.7 Å². The quantitative estimate of drug-likeness (QED) is 0.0473. The second-order valence-corrected chi connectivity index (χ2v) is 26.5. The number of amides is 9. The van der Waals surface area contributed by atoms with Crippen molar-refractivity contribution in [3.8, 4) is 0 Å². The molecule has 7 N–H and O–H groups in total. The molecule has 22 nitrogen and oxygen atoms in total. The molecule has 0 saturated heterocycles. The highest BCUT2D eigenvalue weighted by molar-refractivity contribution is 6.45. The number of aromatic nitrogens is 4. The highest BCUT2D eigenvalue weighted by Crippen LogP contribution is 2.42. The van der Waals surface area contributed by atoms with Gasteiger partial charge in [0.15, 0.2) is 6.54 Å². The van der Waals surface area contributed by atoms with Gasteiger partial charge in [0.25, 0.3) is 35.4 Å². The van der Waals surface area contributed by atoms with E-state index in [1.54, 1.807) is 47.4 Å². The topological polar surface area (TPSA) is 280 Å². The second-order valence-electron chi connectivity index (χ2n) is 26.5. The van der Waals surface area contributed by atoms with E-state index in [9.17, 15) is 43.2 Å². The van der Waals surface area contributed by atoms with Gasteiger partial charge < -0.3 is 57.5 Å². The van der Waals surface area contributed by atoms with E-state index in [1.807, 2.05) is 223 Å². The number of quaternary nitrogens is 1. The number of carbonyl (C=O) groups excluding carboxylic acids is 9. The first-order valence-corrected chi connectivity index (χ1v) is 33.1. The smallest absolute Gasteiger partial charge is 0.407 e. The van der Waals surface area contributed by atoms with Gasteiger partial charge in [-0.3, -0.25) is 38.4 Å². The third-order valence-corrected chi connectivity index (χ3v) is 17.0. The van der Waals surface area contributed by atoms with Crippen LogP contribution in [0.4, 0.5) is 27.5 Å². The number of halogens is 1. The highest BCUT2D eigenvalue weighted by atomic mass is 35.5. The van der Waals surface area contributed by atoms with Gasteiger partial charge in [0.1, 0.15) is 13.2 Å². The minimum absolute atomic E-state index is 0. The summed E-state index contributed by atoms with van der Waals surface area (Å²) in [7, 11) is 9.43. The van der Waals surface area contributed by atoms with E-state index in [0.29, 0.717) is 55.1 Å². The van der Waals surface area contributed by atoms with E-state index in [1.165, 1.54) is 9.80 Å². The largest absolute Gasteiger partial charge is 1.00 e. The van der Waals surface area contributed by atoms with E-state index >= 15 is 0 Å². The van der Waals surface area contributed by atoms with Crippen LogP contribution in [-0.2, 0) is 49.7 Å². The Morgan fingerprint density at radius 3 is 1.16 bits per heavy atom. The van der Waals surface area contributed by atoms with Gasteiger partial charge in [0.2, 0.25) is 11.8 Å². The van der Waals surface area contributed by atoms with E-state index in [2.05, 4.69) is 25.3 Å². The van der Waals surface area contributed by atoms with Gasteiger partial charge in [-0.2, -0.15) is 0 Å². The molecule has 4 aromatic heterocycles. The molecule has 0 saturated carbocycles. The van der Waals surface area contributed by atoms with Gasteiger partial charge >= 0.3 is 6.09 Å². The summed E-state index contributed by atoms with van der Waals surface area (Å²) in [5.41, 5.74) is 24.4. The van der Waals surface area contributed by atoms with Crippen LogP contribution in [-0.4, -0.2) is 144 Å². The Kier molecular flexibility index (Phi) is 23.6. The van der Waals surface area contributed by atoms with Crippen LogP contribution in [0.2, 0.25) is 0 Å². The number of likely N-dealkylation sites (N-methyl/N-ethyl adjacent to an activating group) is 2. The Hall–Kier alpha value is -11.8. The van der Waals surface area contributed by atoms with Crippen LogP contribution in [0.1, 0.15) is 89.9 Å². The van der Waals surface area contributed by atoms with E-state index in [4.69, 9.17) is 10.5 Å². The van der Waals surface area contributed by atoms with Gasteiger partial charge in [-0.05, 0) is 163 Å². The lowest BCUT2D eigenvalue weighted by molar-refractivity contribution is -0.862. The van der Waals surface area contributed by atoms with E-state index < -0.39 is 23.8 Å². The number of carbonyl (C=O) groups is 9. The molecule has 0 bridgehead atoms. The fourth-order valence-corrected chi connectivity index (χ4v) is 12.3. The standard InChI is InChI=1S/C25H23N3O4.C20H23N3O2.C19H21N3O2.C16H15N3O2.ClH/c1-16-12-17(2)27-21(16)13-20-19-10-6-7-11-22(19)28(24(20)30)23(29)14-26-25(31)32-15-18-8-4-3-5-9-18;1-13-10-14(2)21-17(13)11-16-15-8-6-7-9-18(15)22(20(16)25)19(24)12-23(3,4)5;1-12-9-13(2)20-16(12)10-15-14-7-5-6-8-17(14)22(19(15)24)18(23)11-21(3)4;1-10-6-7-18-13(10)8-12-11-4-2-3-5-14(11)19(16(12)21)15(20)9-17;/h3-13,27H,14-15H2,1-2H3,(H,26,31);6-11H,12H2,1-5H3;5-10,20H,11H2,1-4H3;2-8,18H,9,17H2,1H3;1H/b20-13-;;15-10-;12-8-;. The lowest BCUT2D eigenvalue weighted by Crippen LogP contribution is -3.00. The van der Waals surface area contributed by atoms with Crippen LogP contribution >= 0.6 is 0 Å². The van der Waals surface area contributed by atoms with Crippen molar-refractivity contribution in [3.05, 3.63) is 248 Å². The summed E-state index contributed by atoms with van der Waals surface area (Å²) in [4.78, 5) is 133. The minimum atomic E-state index is -0.726. The number of aryl methyl sites for hydroxylation is 7. The predicted molar refractivity (Wildman–Crippen MR) is 399 cm³/mol. The van der Waals surface area contributed by atoms with Crippen molar-refractivity contribution >= 4 is 123 Å². The molecule has 4 aliphatic heterocycles. The van der Waals surface area contributed by atoms with Crippen LogP contribution in [0.5, 0.6) is 0 Å². The highest BCUT2D eigenvalue weighted by Gasteiger charge is 2.41. The third-order valence-electron chi connectivity index (χ3n) is 17.0. The molecule has 13 rings (SSSR count). The number of hydrogen-bond acceptors (Lipinski definition) is 12. The number of para-hydroxylation sites is 4. The van der Waals surface area contributed by atoms with Crippen molar-refractivity contribution in [2.75, 3.05) is 81.0 Å². The monoisotopic (exact) mass is 1410 g/mol. The van der Waals surface area contributed by atoms with Crippen LogP contribution in [0.3, 0.4) is 0 Å². The molecule has 0 spiro atoms. The lowest BCUT2D eigenvalue weighted by Gasteiger charge is -2.25. The SMILES string of the molecule is Cc1cc(C)c(/C=C2\C(=O)N(C(=O)CN(C)C)c3ccccc32)[nH]1.Cc1cc(C)c(/C=C2\C(=O)N(C(=O)CNC(=O)OCc3ccccc3)c3ccccc32)[nH]1.Cc1cc(C)c(/C=C2\C(=O)N(C(=O)C[N+](C)(C)C)c3ccccc32)[nH]1.Cc1cc[nH]c1/C=C1\C(=O)N(C(=O)CN)c2ccccc21.[Cl-]. The maximum absolute atomic E-state index is 13.2. The van der Waals surface area contributed by atoms with Gasteiger partial charge in [-0.1, -0.05) is 103 Å². The maximum atomic E-state index is 13.2. The molecule has 0 atom stereocenters. The fourth-order valence-electron chi connectivity index (χ4n) is 12.3. The van der Waals surface area contributed by atoms with Crippen LogP contribution < -0.4 is 43.1 Å². The zero-order chi connectivity index (χ0) is 73.4. The Bertz CT molecular complexity index is 4920. The van der Waals surface area contributed by atoms with Crippen LogP contribution in [0.15, 0.2) is 158 Å². The predicted octanol–water partition coefficient (Wildman–Crippen LogP) is 8.03. The zero-order valence-corrected chi connectivity index (χ0v) is 60.3. The number of fused-ring (bicyclic) bond motifs is 4. The molecule has 8 heterocycles. The maximum Gasteiger partial charge on any atom is 0.407 e. The molecule has 0 aliphatic carbocycles. The zero-order valence-electron chi connectivity index (χ0n) is 59.6. The number of nitrogens with two attached hydrogens (primary N) is 1. The first kappa shape index (κ1) is 75.4. The summed E-state index contributed by atoms with van der Waals surface area (Å²) in [5.74, 6) is -2.64. The molecule has 0 radical (unpaired) electrons. The minimum Gasteiger partial charge on any atom is -1.00 e. The van der Waals surface area contributed by atoms with Gasteiger partial charge in [-0.25, -0.2) is 24.4 Å². The number of ether oxygens (including phenoxy) is 1. The summed E-state index contributed by atoms with van der Waals surface area (Å²) >= 11 is 0. The molecule has 9 aromatic rings. The number of H-pyrrole nitrogens is 4. The molecule has 530 valence electrons. The molecule has 103 heavy (non-hydrogen) atoms. The number of nitrogens with zero attached hydrogens (tertiary/aromatic N) is 6. The van der Waals surface area contributed by atoms with Crippen molar-refractivity contribution in [1.29, 1.82) is 0 Å². The number of imide groups is 4. The number of alkyl carbamates (subject to hydrolysis) is 1. The molecule has 0 fully saturated rings. The van der Waals surface area contributed by atoms with Crippen molar-refractivity contribution in [2.24, 2.45) is 5.73 Å². The molecule has 9 amide bonds. The van der Waals surface area contributed by atoms with Crippen LogP contribution in [0.25, 0.3) is 46.6 Å². The molecule has 23 heteroatoms. The first-order valence-electron chi connectivity index (χ1n) is 33.1. The summed E-state index contributed by atoms with van der Waals surface area (Å²) in [6.45, 7) is 13.8. The summed E-state index contributed by atoms with van der Waals surface area (Å²) in [6, 6.07) is 46.4. The average molecular weight is 1410 g/mol. The molecule has 5 aromatic carbocycles. The van der Waals surface area contributed by atoms with Gasteiger partial charge in [0, 0.05) is 68.3 Å².